The number of ether oxygens (including phenoxy) is 2. The summed E-state index contributed by atoms with van der Waals surface area (Å²) in [5.41, 5.74) is -1.82. The van der Waals surface area contributed by atoms with Crippen LogP contribution in [0.1, 0.15) is 18.1 Å². The van der Waals surface area contributed by atoms with Crippen LogP contribution in [0, 0.1) is 11.3 Å². The minimum atomic E-state index is -4.46. The van der Waals surface area contributed by atoms with Gasteiger partial charge in [-0.25, -0.2) is 0 Å². The maximum atomic E-state index is 12.8. The van der Waals surface area contributed by atoms with E-state index in [4.69, 9.17) is 56.5 Å². The van der Waals surface area contributed by atoms with Crippen molar-refractivity contribution in [2.75, 3.05) is 6.61 Å². The first-order valence-electron chi connectivity index (χ1n) is 9.86. The van der Waals surface area contributed by atoms with Gasteiger partial charge in [0.05, 0.1) is 16.7 Å². The molecule has 0 aliphatic carbocycles. The molecule has 0 heterocycles. The smallest absolute Gasteiger partial charge is 0.416 e. The van der Waals surface area contributed by atoms with Gasteiger partial charge >= 0.3 is 6.18 Å². The number of halogens is 6. The molecule has 182 valence electrons. The zero-order chi connectivity index (χ0) is 25.8. The van der Waals surface area contributed by atoms with E-state index in [1.54, 1.807) is 24.3 Å². The van der Waals surface area contributed by atoms with Crippen LogP contribution in [0.5, 0.6) is 17.2 Å². The van der Waals surface area contributed by atoms with Crippen molar-refractivity contribution in [1.82, 2.24) is 5.32 Å². The number of nitriles is 1. The van der Waals surface area contributed by atoms with Crippen molar-refractivity contribution in [3.8, 4) is 23.3 Å². The van der Waals surface area contributed by atoms with Gasteiger partial charge < -0.3 is 14.8 Å². The maximum Gasteiger partial charge on any atom is 0.416 e. The van der Waals surface area contributed by atoms with Crippen LogP contribution in [-0.2, 0) is 6.18 Å². The van der Waals surface area contributed by atoms with Gasteiger partial charge in [0.2, 0.25) is 0 Å². The Balaban J connectivity index is 1.75. The Hall–Kier alpha value is -2.70. The highest BCUT2D eigenvalue weighted by Gasteiger charge is 2.31. The van der Waals surface area contributed by atoms with Crippen LogP contribution in [0.15, 0.2) is 60.7 Å². The maximum absolute atomic E-state index is 12.8. The molecule has 0 bridgehead atoms. The van der Waals surface area contributed by atoms with Crippen LogP contribution in [0.3, 0.4) is 0 Å². The molecule has 0 amide bonds. The Bertz CT molecular complexity index is 1280. The molecule has 4 nitrogen and oxygen atoms in total. The van der Waals surface area contributed by atoms with Crippen molar-refractivity contribution in [3.63, 3.8) is 0 Å². The van der Waals surface area contributed by atoms with Crippen LogP contribution in [0.4, 0.5) is 13.2 Å². The lowest BCUT2D eigenvalue weighted by Gasteiger charge is -2.25. The Morgan fingerprint density at radius 3 is 2.11 bits per heavy atom. The Labute approximate surface area is 220 Å². The first-order valence-corrected chi connectivity index (χ1v) is 11.4. The van der Waals surface area contributed by atoms with Gasteiger partial charge in [0.15, 0.2) is 17.0 Å². The summed E-state index contributed by atoms with van der Waals surface area (Å²) in [4.78, 5) is 0.0851. The molecule has 0 saturated heterocycles. The third-order valence-corrected chi connectivity index (χ3v) is 5.75. The molecular weight excluding hydrogens is 544 g/mol. The lowest BCUT2D eigenvalue weighted by atomic mass is 10.0. The fourth-order valence-corrected chi connectivity index (χ4v) is 3.78. The van der Waals surface area contributed by atoms with Crippen molar-refractivity contribution in [1.29, 1.82) is 5.26 Å². The zero-order valence-electron chi connectivity index (χ0n) is 17.9. The van der Waals surface area contributed by atoms with Crippen LogP contribution in [0.25, 0.3) is 0 Å². The Kier molecular flexibility index (Phi) is 8.39. The molecule has 3 aromatic rings. The van der Waals surface area contributed by atoms with Crippen molar-refractivity contribution in [2.45, 2.75) is 18.6 Å². The van der Waals surface area contributed by atoms with E-state index in [0.29, 0.717) is 21.4 Å². The fourth-order valence-electron chi connectivity index (χ4n) is 2.81. The number of hydrogen-bond acceptors (Lipinski definition) is 4. The first kappa shape index (κ1) is 26.9. The molecule has 3 rings (SSSR count). The normalized spacial score (nSPS) is 12.9. The molecule has 0 fully saturated rings. The molecule has 0 aliphatic heterocycles. The molecule has 0 unspecified atom stereocenters. The van der Waals surface area contributed by atoms with Gasteiger partial charge in [-0.1, -0.05) is 59.2 Å². The van der Waals surface area contributed by atoms with Crippen LogP contribution < -0.4 is 14.8 Å². The molecule has 1 atom stereocenters. The standard InChI is InChI=1S/C24H16Cl3F3N2O2S/c1-23(12-31,32-22(35)14-2-4-15(5-3-14)24(28,29)30)13-33-21-11-17(26)7-9-20(21)34-19-8-6-16(25)10-18(19)27/h2-11H,13H2,1H3,(H,32,35)/t23-/m0/s1. The van der Waals surface area contributed by atoms with Crippen molar-refractivity contribution < 1.29 is 22.6 Å². The van der Waals surface area contributed by atoms with Gasteiger partial charge in [0, 0.05) is 21.7 Å². The van der Waals surface area contributed by atoms with Gasteiger partial charge in [0.25, 0.3) is 0 Å². The van der Waals surface area contributed by atoms with E-state index in [9.17, 15) is 18.4 Å². The summed E-state index contributed by atoms with van der Waals surface area (Å²) in [6, 6.07) is 15.8. The number of rotatable bonds is 7. The number of alkyl halides is 3. The third kappa shape index (κ3) is 7.15. The summed E-state index contributed by atoms with van der Waals surface area (Å²) in [7, 11) is 0. The fraction of sp³-hybridized carbons (Fsp3) is 0.167. The third-order valence-electron chi connectivity index (χ3n) is 4.65. The quantitative estimate of drug-likeness (QED) is 0.297. The molecule has 0 aromatic heterocycles. The SMILES string of the molecule is C[C@](C#N)(COc1cc(Cl)ccc1Oc1ccc(Cl)cc1Cl)NC(=S)c1ccc(C(F)(F)F)cc1. The van der Waals surface area contributed by atoms with Gasteiger partial charge in [-0.05, 0) is 49.4 Å². The van der Waals surface area contributed by atoms with E-state index < -0.39 is 17.3 Å². The van der Waals surface area contributed by atoms with E-state index in [1.165, 1.54) is 31.2 Å². The van der Waals surface area contributed by atoms with Gasteiger partial charge in [-0.2, -0.15) is 18.4 Å². The Morgan fingerprint density at radius 2 is 1.54 bits per heavy atom. The van der Waals surface area contributed by atoms with Gasteiger partial charge in [-0.15, -0.1) is 0 Å². The average Bonchev–Trinajstić information content (AvgIpc) is 2.80. The highest BCUT2D eigenvalue weighted by Crippen LogP contribution is 2.38. The number of nitrogens with zero attached hydrogens (tertiary/aromatic N) is 1. The van der Waals surface area contributed by atoms with Gasteiger partial charge in [0.1, 0.15) is 17.3 Å². The summed E-state index contributed by atoms with van der Waals surface area (Å²) in [5, 5.41) is 13.7. The monoisotopic (exact) mass is 558 g/mol. The molecule has 3 aromatic carbocycles. The van der Waals surface area contributed by atoms with Crippen molar-refractivity contribution in [3.05, 3.63) is 86.9 Å². The number of hydrogen-bond donors (Lipinski definition) is 1. The second kappa shape index (κ2) is 10.9. The van der Waals surface area contributed by atoms with E-state index in [1.807, 2.05) is 0 Å². The van der Waals surface area contributed by atoms with Crippen LogP contribution in [-0.4, -0.2) is 17.1 Å². The molecule has 0 saturated carbocycles. The summed E-state index contributed by atoms with van der Waals surface area (Å²) in [6.07, 6.45) is -4.46. The minimum absolute atomic E-state index is 0.0851. The molecule has 0 radical (unpaired) electrons. The number of thiocarbonyl (C=S) groups is 1. The molecule has 11 heteroatoms. The van der Waals surface area contributed by atoms with Crippen LogP contribution >= 0.6 is 47.0 Å². The number of benzene rings is 3. The predicted octanol–water partition coefficient (Wildman–Crippen LogP) is 8.08. The average molecular weight is 560 g/mol. The predicted molar refractivity (Wildman–Crippen MR) is 134 cm³/mol. The highest BCUT2D eigenvalue weighted by atomic mass is 35.5. The Morgan fingerprint density at radius 1 is 0.943 bits per heavy atom. The summed E-state index contributed by atoms with van der Waals surface area (Å²) >= 11 is 23.5. The van der Waals surface area contributed by atoms with E-state index >= 15 is 0 Å². The second-order valence-corrected chi connectivity index (χ2v) is 9.22. The van der Waals surface area contributed by atoms with E-state index in [0.717, 1.165) is 12.1 Å². The lowest BCUT2D eigenvalue weighted by Crippen LogP contribution is -2.49. The van der Waals surface area contributed by atoms with Crippen LogP contribution in [0.2, 0.25) is 15.1 Å². The first-order chi connectivity index (χ1) is 16.4. The topological polar surface area (TPSA) is 54.3 Å². The lowest BCUT2D eigenvalue weighted by molar-refractivity contribution is -0.137. The summed E-state index contributed by atoms with van der Waals surface area (Å²) in [6.45, 7) is 1.33. The van der Waals surface area contributed by atoms with Gasteiger partial charge in [-0.3, -0.25) is 0 Å². The molecular formula is C24H16Cl3F3N2O2S. The zero-order valence-corrected chi connectivity index (χ0v) is 21.0. The number of nitrogens with one attached hydrogen (secondary N) is 1. The molecule has 35 heavy (non-hydrogen) atoms. The molecule has 0 aliphatic rings. The van der Waals surface area contributed by atoms with Crippen molar-refractivity contribution in [2.24, 2.45) is 0 Å². The molecule has 0 spiro atoms. The molecule has 1 N–H and O–H groups in total. The minimum Gasteiger partial charge on any atom is -0.486 e. The van der Waals surface area contributed by atoms with Crippen molar-refractivity contribution >= 4 is 52.0 Å². The van der Waals surface area contributed by atoms with E-state index in [2.05, 4.69) is 11.4 Å². The highest BCUT2D eigenvalue weighted by molar-refractivity contribution is 7.80. The second-order valence-electron chi connectivity index (χ2n) is 7.53. The van der Waals surface area contributed by atoms with E-state index in [-0.39, 0.29) is 28.1 Å². The summed E-state index contributed by atoms with van der Waals surface area (Å²) < 4.78 is 50.1. The summed E-state index contributed by atoms with van der Waals surface area (Å²) in [5.74, 6) is 0.837. The largest absolute Gasteiger partial charge is 0.486 e.